The number of aromatic hydroxyl groups is 2. The molecule has 2 aromatic carbocycles. The fourth-order valence-corrected chi connectivity index (χ4v) is 3.37. The standard InChI is InChI=1S/C17H10Br2N2O4S/c18-9-2-1-3-10(6-9)21-16(25)11(15(24)20-17(21)26)4-8-5-12(19)14(23)7-13(8)22/h1-7,22-23H,(H,20,24,26)/b11-4+. The van der Waals surface area contributed by atoms with Crippen LogP contribution in [0.4, 0.5) is 5.69 Å². The van der Waals surface area contributed by atoms with E-state index in [4.69, 9.17) is 12.2 Å². The van der Waals surface area contributed by atoms with Crippen molar-refractivity contribution in [1.82, 2.24) is 5.32 Å². The van der Waals surface area contributed by atoms with Crippen molar-refractivity contribution < 1.29 is 19.8 Å². The van der Waals surface area contributed by atoms with Gasteiger partial charge in [0.25, 0.3) is 11.8 Å². The quantitative estimate of drug-likeness (QED) is 0.336. The molecule has 132 valence electrons. The first-order valence-corrected chi connectivity index (χ1v) is 9.16. The second kappa shape index (κ2) is 7.18. The highest BCUT2D eigenvalue weighted by Crippen LogP contribution is 2.33. The number of phenolic OH excluding ortho intramolecular Hbond substituents is 2. The van der Waals surface area contributed by atoms with Crippen LogP contribution in [0, 0.1) is 0 Å². The van der Waals surface area contributed by atoms with Crippen LogP contribution in [-0.4, -0.2) is 27.1 Å². The molecule has 26 heavy (non-hydrogen) atoms. The molecule has 2 amide bonds. The van der Waals surface area contributed by atoms with Gasteiger partial charge in [-0.1, -0.05) is 22.0 Å². The maximum absolute atomic E-state index is 12.9. The minimum absolute atomic E-state index is 0.0358. The van der Waals surface area contributed by atoms with E-state index >= 15 is 0 Å². The molecule has 0 spiro atoms. The van der Waals surface area contributed by atoms with Gasteiger partial charge in [-0.15, -0.1) is 0 Å². The summed E-state index contributed by atoms with van der Waals surface area (Å²) in [5, 5.41) is 22.0. The third-order valence-corrected chi connectivity index (χ3v) is 4.98. The van der Waals surface area contributed by atoms with E-state index in [0.717, 1.165) is 10.5 Å². The fraction of sp³-hybridized carbons (Fsp3) is 0. The van der Waals surface area contributed by atoms with Gasteiger partial charge in [-0.05, 0) is 58.5 Å². The summed E-state index contributed by atoms with van der Waals surface area (Å²) in [6, 6.07) is 9.40. The lowest BCUT2D eigenvalue weighted by atomic mass is 10.1. The van der Waals surface area contributed by atoms with Gasteiger partial charge in [0.2, 0.25) is 0 Å². The Hall–Kier alpha value is -2.23. The van der Waals surface area contributed by atoms with Gasteiger partial charge in [0, 0.05) is 16.1 Å². The van der Waals surface area contributed by atoms with Gasteiger partial charge in [0.05, 0.1) is 10.2 Å². The Kier molecular flexibility index (Phi) is 5.12. The van der Waals surface area contributed by atoms with Gasteiger partial charge in [-0.25, -0.2) is 0 Å². The largest absolute Gasteiger partial charge is 0.507 e. The van der Waals surface area contributed by atoms with Crippen molar-refractivity contribution in [3.05, 3.63) is 56.5 Å². The summed E-state index contributed by atoms with van der Waals surface area (Å²) in [5.41, 5.74) is 0.470. The fourth-order valence-electron chi connectivity index (χ4n) is 2.34. The summed E-state index contributed by atoms with van der Waals surface area (Å²) in [4.78, 5) is 26.3. The monoisotopic (exact) mass is 496 g/mol. The Labute approximate surface area is 170 Å². The average Bonchev–Trinajstić information content (AvgIpc) is 2.56. The number of carbonyl (C=O) groups excluding carboxylic acids is 2. The number of anilines is 1. The second-order valence-electron chi connectivity index (χ2n) is 5.30. The van der Waals surface area contributed by atoms with E-state index in [1.165, 1.54) is 17.0 Å². The van der Waals surface area contributed by atoms with E-state index in [1.54, 1.807) is 24.3 Å². The molecule has 1 aliphatic rings. The second-order valence-corrected chi connectivity index (χ2v) is 7.46. The molecule has 3 N–H and O–H groups in total. The van der Waals surface area contributed by atoms with Crippen molar-refractivity contribution >= 4 is 72.8 Å². The van der Waals surface area contributed by atoms with Crippen LogP contribution in [0.1, 0.15) is 5.56 Å². The van der Waals surface area contributed by atoms with Crippen molar-refractivity contribution in [2.24, 2.45) is 0 Å². The smallest absolute Gasteiger partial charge is 0.270 e. The number of amides is 2. The molecule has 1 fully saturated rings. The van der Waals surface area contributed by atoms with Crippen LogP contribution in [0.5, 0.6) is 11.5 Å². The number of nitrogens with one attached hydrogen (secondary N) is 1. The Morgan fingerprint density at radius 1 is 1.08 bits per heavy atom. The maximum Gasteiger partial charge on any atom is 0.270 e. The van der Waals surface area contributed by atoms with Gasteiger partial charge >= 0.3 is 0 Å². The first-order chi connectivity index (χ1) is 12.3. The molecule has 0 unspecified atom stereocenters. The minimum atomic E-state index is -0.671. The summed E-state index contributed by atoms with van der Waals surface area (Å²) in [7, 11) is 0. The van der Waals surface area contributed by atoms with Gasteiger partial charge in [-0.3, -0.25) is 19.8 Å². The highest BCUT2D eigenvalue weighted by atomic mass is 79.9. The van der Waals surface area contributed by atoms with E-state index in [0.29, 0.717) is 10.2 Å². The first kappa shape index (κ1) is 18.6. The molecule has 0 saturated carbocycles. The highest BCUT2D eigenvalue weighted by molar-refractivity contribution is 9.10. The molecule has 1 saturated heterocycles. The number of halogens is 2. The normalized spacial score (nSPS) is 16.2. The molecule has 3 rings (SSSR count). The topological polar surface area (TPSA) is 89.9 Å². The molecule has 9 heteroatoms. The van der Waals surface area contributed by atoms with Crippen LogP contribution >= 0.6 is 44.1 Å². The van der Waals surface area contributed by atoms with E-state index in [-0.39, 0.29) is 27.7 Å². The van der Waals surface area contributed by atoms with Crippen molar-refractivity contribution in [3.63, 3.8) is 0 Å². The van der Waals surface area contributed by atoms with E-state index < -0.39 is 11.8 Å². The van der Waals surface area contributed by atoms with Crippen LogP contribution in [0.15, 0.2) is 50.9 Å². The molecule has 0 aromatic heterocycles. The lowest BCUT2D eigenvalue weighted by Crippen LogP contribution is -2.54. The van der Waals surface area contributed by atoms with Gasteiger partial charge in [-0.2, -0.15) is 0 Å². The first-order valence-electron chi connectivity index (χ1n) is 7.16. The number of hydrogen-bond acceptors (Lipinski definition) is 5. The Balaban J connectivity index is 2.07. The number of rotatable bonds is 2. The maximum atomic E-state index is 12.9. The molecule has 2 aromatic rings. The zero-order valence-corrected chi connectivity index (χ0v) is 16.9. The molecule has 1 aliphatic heterocycles. The predicted molar refractivity (Wildman–Crippen MR) is 108 cm³/mol. The number of benzene rings is 2. The predicted octanol–water partition coefficient (Wildman–Crippen LogP) is 3.45. The molecule has 6 nitrogen and oxygen atoms in total. The summed E-state index contributed by atoms with van der Waals surface area (Å²) in [6.45, 7) is 0. The van der Waals surface area contributed by atoms with Gasteiger partial charge < -0.3 is 10.2 Å². The van der Waals surface area contributed by atoms with E-state index in [2.05, 4.69) is 37.2 Å². The van der Waals surface area contributed by atoms with Crippen LogP contribution in [-0.2, 0) is 9.59 Å². The lowest BCUT2D eigenvalue weighted by Gasteiger charge is -2.29. The Bertz CT molecular complexity index is 991. The number of nitrogens with zero attached hydrogens (tertiary/aromatic N) is 1. The van der Waals surface area contributed by atoms with Crippen LogP contribution in [0.3, 0.4) is 0 Å². The number of carbonyl (C=O) groups is 2. The number of phenols is 2. The number of hydrogen-bond donors (Lipinski definition) is 3. The third-order valence-electron chi connectivity index (χ3n) is 3.56. The van der Waals surface area contributed by atoms with Crippen molar-refractivity contribution in [1.29, 1.82) is 0 Å². The molecule has 0 aliphatic carbocycles. The SMILES string of the molecule is O=C1NC(=S)N(c2cccc(Br)c2)C(=O)/C1=C/c1cc(Br)c(O)cc1O. The third kappa shape index (κ3) is 3.50. The molecular formula is C17H10Br2N2O4S. The van der Waals surface area contributed by atoms with Gasteiger partial charge in [0.15, 0.2) is 5.11 Å². The van der Waals surface area contributed by atoms with Crippen LogP contribution in [0.2, 0.25) is 0 Å². The lowest BCUT2D eigenvalue weighted by molar-refractivity contribution is -0.122. The van der Waals surface area contributed by atoms with Crippen molar-refractivity contribution in [3.8, 4) is 11.5 Å². The molecule has 1 heterocycles. The highest BCUT2D eigenvalue weighted by Gasteiger charge is 2.34. The van der Waals surface area contributed by atoms with Crippen molar-refractivity contribution in [2.75, 3.05) is 4.90 Å². The molecular weight excluding hydrogens is 488 g/mol. The average molecular weight is 498 g/mol. The van der Waals surface area contributed by atoms with Crippen LogP contribution in [0.25, 0.3) is 6.08 Å². The summed E-state index contributed by atoms with van der Waals surface area (Å²) in [6.07, 6.45) is 1.24. The summed E-state index contributed by atoms with van der Waals surface area (Å²) < 4.78 is 1.05. The molecule has 0 radical (unpaired) electrons. The number of thiocarbonyl (C=S) groups is 1. The van der Waals surface area contributed by atoms with Crippen LogP contribution < -0.4 is 10.2 Å². The minimum Gasteiger partial charge on any atom is -0.507 e. The Morgan fingerprint density at radius 2 is 1.81 bits per heavy atom. The molecule has 0 bridgehead atoms. The van der Waals surface area contributed by atoms with Crippen molar-refractivity contribution in [2.45, 2.75) is 0 Å². The Morgan fingerprint density at radius 3 is 2.50 bits per heavy atom. The summed E-state index contributed by atoms with van der Waals surface area (Å²) >= 11 is 11.6. The van der Waals surface area contributed by atoms with E-state index in [1.807, 2.05) is 0 Å². The molecule has 0 atom stereocenters. The van der Waals surface area contributed by atoms with Gasteiger partial charge in [0.1, 0.15) is 17.1 Å². The van der Waals surface area contributed by atoms with E-state index in [9.17, 15) is 19.8 Å². The summed E-state index contributed by atoms with van der Waals surface area (Å²) in [5.74, 6) is -1.74. The zero-order valence-electron chi connectivity index (χ0n) is 12.9. The zero-order chi connectivity index (χ0) is 19.0.